The summed E-state index contributed by atoms with van der Waals surface area (Å²) in [6, 6.07) is 0. The second-order valence-electron chi connectivity index (χ2n) is 5.31. The maximum atomic E-state index is 11.8. The highest BCUT2D eigenvalue weighted by atomic mass is 32.2. The molecule has 0 radical (unpaired) electrons. The highest BCUT2D eigenvalue weighted by molar-refractivity contribution is 7.89. The summed E-state index contributed by atoms with van der Waals surface area (Å²) in [4.78, 5) is 0. The Balaban J connectivity index is 2.19. The molecule has 1 aromatic heterocycles. The molecule has 1 heterocycles. The normalized spacial score (nSPS) is 15.9. The van der Waals surface area contributed by atoms with E-state index in [1.807, 2.05) is 0 Å². The van der Waals surface area contributed by atoms with Crippen LogP contribution in [0.5, 0.6) is 0 Å². The van der Waals surface area contributed by atoms with E-state index >= 15 is 0 Å². The number of hydrogen-bond donors (Lipinski definition) is 0. The molecule has 0 saturated carbocycles. The number of fused-ring (bicyclic) bond motifs is 1. The fourth-order valence-electron chi connectivity index (χ4n) is 2.57. The average molecular weight is 336 g/mol. The fourth-order valence-corrected chi connectivity index (χ4v) is 3.84. The standard InChI is InChI=1S/C12H20N2O5S2/c1-20(15,16)14-12(8-5-9-19-21(2,17)18)10-6-3-4-7-11(10)13-14/h3-9H2,1-2H3. The predicted octanol–water partition coefficient (Wildman–Crippen LogP) is 0.478. The minimum atomic E-state index is -3.46. The fraction of sp³-hybridized carbons (Fsp3) is 0.750. The zero-order valence-corrected chi connectivity index (χ0v) is 13.8. The van der Waals surface area contributed by atoms with Crippen molar-refractivity contribution in [1.29, 1.82) is 0 Å². The quantitative estimate of drug-likeness (QED) is 0.554. The molecule has 0 atom stereocenters. The van der Waals surface area contributed by atoms with E-state index in [9.17, 15) is 16.8 Å². The molecule has 0 spiro atoms. The first-order valence-electron chi connectivity index (χ1n) is 6.83. The molecule has 1 aliphatic rings. The van der Waals surface area contributed by atoms with Crippen LogP contribution in [0.4, 0.5) is 0 Å². The molecule has 0 aliphatic heterocycles. The van der Waals surface area contributed by atoms with Gasteiger partial charge in [-0.05, 0) is 44.1 Å². The highest BCUT2D eigenvalue weighted by Crippen LogP contribution is 2.25. The number of nitrogens with zero attached hydrogens (tertiary/aromatic N) is 2. The van der Waals surface area contributed by atoms with Crippen molar-refractivity contribution in [3.05, 3.63) is 17.0 Å². The first-order valence-corrected chi connectivity index (χ1v) is 10.5. The molecule has 9 heteroatoms. The van der Waals surface area contributed by atoms with Crippen LogP contribution in [0.3, 0.4) is 0 Å². The summed E-state index contributed by atoms with van der Waals surface area (Å²) in [5.74, 6) is 0. The first-order chi connectivity index (χ1) is 9.68. The van der Waals surface area contributed by atoms with E-state index in [2.05, 4.69) is 5.10 Å². The van der Waals surface area contributed by atoms with E-state index in [0.29, 0.717) is 18.5 Å². The van der Waals surface area contributed by atoms with Crippen LogP contribution >= 0.6 is 0 Å². The van der Waals surface area contributed by atoms with Crippen molar-refractivity contribution in [2.24, 2.45) is 0 Å². The molecule has 7 nitrogen and oxygen atoms in total. The monoisotopic (exact) mass is 336 g/mol. The van der Waals surface area contributed by atoms with E-state index in [1.54, 1.807) is 0 Å². The van der Waals surface area contributed by atoms with Crippen molar-refractivity contribution < 1.29 is 21.0 Å². The van der Waals surface area contributed by atoms with Crippen molar-refractivity contribution in [2.75, 3.05) is 19.1 Å². The van der Waals surface area contributed by atoms with E-state index in [0.717, 1.165) is 53.5 Å². The van der Waals surface area contributed by atoms with Crippen molar-refractivity contribution in [2.45, 2.75) is 38.5 Å². The van der Waals surface area contributed by atoms with Gasteiger partial charge in [0.25, 0.3) is 20.1 Å². The van der Waals surface area contributed by atoms with Gasteiger partial charge < -0.3 is 0 Å². The van der Waals surface area contributed by atoms with Crippen molar-refractivity contribution in [3.63, 3.8) is 0 Å². The summed E-state index contributed by atoms with van der Waals surface area (Å²) in [6.45, 7) is 0.0442. The first kappa shape index (κ1) is 16.4. The van der Waals surface area contributed by atoms with Gasteiger partial charge in [0.1, 0.15) is 0 Å². The van der Waals surface area contributed by atoms with Gasteiger partial charge in [-0.25, -0.2) is 8.42 Å². The number of rotatable bonds is 6. The molecule has 120 valence electrons. The van der Waals surface area contributed by atoms with Crippen molar-refractivity contribution >= 4 is 20.1 Å². The summed E-state index contributed by atoms with van der Waals surface area (Å²) in [6.07, 6.45) is 6.65. The lowest BCUT2D eigenvalue weighted by atomic mass is 9.95. The molecule has 0 saturated heterocycles. The smallest absolute Gasteiger partial charge is 0.264 e. The van der Waals surface area contributed by atoms with E-state index in [-0.39, 0.29) is 6.61 Å². The number of aryl methyl sites for hydroxylation is 1. The maximum Gasteiger partial charge on any atom is 0.264 e. The summed E-state index contributed by atoms with van der Waals surface area (Å²) in [7, 11) is -6.91. The second kappa shape index (κ2) is 6.05. The van der Waals surface area contributed by atoms with Crippen LogP contribution in [0.1, 0.15) is 36.2 Å². The van der Waals surface area contributed by atoms with E-state index < -0.39 is 20.1 Å². The van der Waals surface area contributed by atoms with Crippen molar-refractivity contribution in [1.82, 2.24) is 9.19 Å². The topological polar surface area (TPSA) is 95.3 Å². The van der Waals surface area contributed by atoms with Gasteiger partial charge in [-0.2, -0.15) is 17.6 Å². The Morgan fingerprint density at radius 2 is 1.81 bits per heavy atom. The second-order valence-corrected chi connectivity index (χ2v) is 8.77. The van der Waals surface area contributed by atoms with Gasteiger partial charge >= 0.3 is 0 Å². The summed E-state index contributed by atoms with van der Waals surface area (Å²) in [5, 5.41) is 4.22. The van der Waals surface area contributed by atoms with Crippen LogP contribution in [-0.4, -0.2) is 45.1 Å². The Morgan fingerprint density at radius 1 is 1.14 bits per heavy atom. The minimum Gasteiger partial charge on any atom is -0.270 e. The zero-order valence-electron chi connectivity index (χ0n) is 12.2. The molecule has 0 aromatic carbocycles. The molecule has 0 N–H and O–H groups in total. The summed E-state index contributed by atoms with van der Waals surface area (Å²) < 4.78 is 51.3. The number of hydrogen-bond acceptors (Lipinski definition) is 6. The predicted molar refractivity (Wildman–Crippen MR) is 78.2 cm³/mol. The van der Waals surface area contributed by atoms with Gasteiger partial charge in [-0.1, -0.05) is 0 Å². The molecule has 0 unspecified atom stereocenters. The molecule has 2 rings (SSSR count). The Hall–Kier alpha value is -0.930. The van der Waals surface area contributed by atoms with Crippen LogP contribution in [0.15, 0.2) is 0 Å². The van der Waals surface area contributed by atoms with E-state index in [4.69, 9.17) is 4.18 Å². The van der Waals surface area contributed by atoms with Crippen LogP contribution in [-0.2, 0) is 43.6 Å². The lowest BCUT2D eigenvalue weighted by Gasteiger charge is -2.11. The third kappa shape index (κ3) is 4.27. The molecular formula is C12H20N2O5S2. The maximum absolute atomic E-state index is 11.8. The Morgan fingerprint density at radius 3 is 2.43 bits per heavy atom. The SMILES string of the molecule is CS(=O)(=O)OCCCc1c2c(nn1S(C)(=O)=O)CCCC2. The molecule has 1 aliphatic carbocycles. The molecule has 1 aromatic rings. The van der Waals surface area contributed by atoms with Crippen LogP contribution < -0.4 is 0 Å². The highest BCUT2D eigenvalue weighted by Gasteiger charge is 2.24. The van der Waals surface area contributed by atoms with E-state index in [1.165, 1.54) is 0 Å². The third-order valence-electron chi connectivity index (χ3n) is 3.40. The zero-order chi connectivity index (χ0) is 15.7. The molecule has 21 heavy (non-hydrogen) atoms. The lowest BCUT2D eigenvalue weighted by molar-refractivity contribution is 0.315. The van der Waals surface area contributed by atoms with Gasteiger partial charge in [-0.3, -0.25) is 4.18 Å². The average Bonchev–Trinajstić information content (AvgIpc) is 2.72. The minimum absolute atomic E-state index is 0.0442. The molecule has 0 fully saturated rings. The molecule has 0 bridgehead atoms. The van der Waals surface area contributed by atoms with Gasteiger partial charge in [-0.15, -0.1) is 0 Å². The molecular weight excluding hydrogens is 316 g/mol. The summed E-state index contributed by atoms with van der Waals surface area (Å²) >= 11 is 0. The Bertz CT molecular complexity index is 719. The molecule has 0 amide bonds. The van der Waals surface area contributed by atoms with Gasteiger partial charge in [0.2, 0.25) is 0 Å². The Labute approximate surface area is 125 Å². The van der Waals surface area contributed by atoms with Crippen LogP contribution in [0.2, 0.25) is 0 Å². The van der Waals surface area contributed by atoms with Crippen LogP contribution in [0, 0.1) is 0 Å². The lowest BCUT2D eigenvalue weighted by Crippen LogP contribution is -2.16. The van der Waals surface area contributed by atoms with Gasteiger partial charge in [0.05, 0.1) is 30.5 Å². The van der Waals surface area contributed by atoms with Gasteiger partial charge in [0, 0.05) is 0 Å². The van der Waals surface area contributed by atoms with Crippen LogP contribution in [0.25, 0.3) is 0 Å². The van der Waals surface area contributed by atoms with Gasteiger partial charge in [0.15, 0.2) is 0 Å². The largest absolute Gasteiger partial charge is 0.270 e. The number of aromatic nitrogens is 2. The third-order valence-corrected chi connectivity index (χ3v) is 4.92. The van der Waals surface area contributed by atoms with Crippen molar-refractivity contribution in [3.8, 4) is 0 Å². The summed E-state index contributed by atoms with van der Waals surface area (Å²) in [5.41, 5.74) is 2.53. The Kier molecular flexibility index (Phi) is 4.74.